The van der Waals surface area contributed by atoms with E-state index in [0.717, 1.165) is 0 Å². The molecule has 6 nitrogen and oxygen atoms in total. The Morgan fingerprint density at radius 3 is 2.73 bits per heavy atom. The molecule has 3 rings (SSSR count). The Bertz CT molecular complexity index is 899. The molecule has 0 spiro atoms. The normalized spacial score (nSPS) is 16.3. The minimum absolute atomic E-state index is 0.144. The quantitative estimate of drug-likeness (QED) is 0.710. The number of benzene rings is 2. The topological polar surface area (TPSA) is 73.9 Å². The van der Waals surface area contributed by atoms with Crippen LogP contribution in [0.4, 0.5) is 5.69 Å². The third kappa shape index (κ3) is 3.84. The summed E-state index contributed by atoms with van der Waals surface area (Å²) in [5.41, 5.74) is 1.04. The lowest BCUT2D eigenvalue weighted by molar-refractivity contribution is -0.152. The number of carbonyl (C=O) groups is 2. The van der Waals surface area contributed by atoms with Crippen LogP contribution in [0.3, 0.4) is 0 Å². The number of methoxy groups -OCH3 is 1. The Hall–Kier alpha value is -2.51. The van der Waals surface area contributed by atoms with E-state index in [1.54, 1.807) is 48.5 Å². The van der Waals surface area contributed by atoms with Gasteiger partial charge in [-0.3, -0.25) is 0 Å². The van der Waals surface area contributed by atoms with Gasteiger partial charge in [-0.05, 0) is 40.2 Å². The minimum Gasteiger partial charge on any atom is -0.497 e. The van der Waals surface area contributed by atoms with E-state index in [2.05, 4.69) is 21.2 Å². The molecule has 1 N–H and O–H groups in total. The molecular formula is C18H13BrClNO5. The lowest BCUT2D eigenvalue weighted by Gasteiger charge is -2.17. The summed E-state index contributed by atoms with van der Waals surface area (Å²) < 4.78 is 16.1. The third-order valence-corrected chi connectivity index (χ3v) is 4.57. The van der Waals surface area contributed by atoms with Crippen molar-refractivity contribution >= 4 is 45.2 Å². The summed E-state index contributed by atoms with van der Waals surface area (Å²) in [4.78, 5) is 24.2. The van der Waals surface area contributed by atoms with Crippen LogP contribution in [-0.4, -0.2) is 25.3 Å². The van der Waals surface area contributed by atoms with Gasteiger partial charge in [0.25, 0.3) is 6.29 Å². The van der Waals surface area contributed by atoms with Crippen LogP contribution in [0.2, 0.25) is 0 Å². The monoisotopic (exact) mass is 437 g/mol. The number of anilines is 1. The van der Waals surface area contributed by atoms with Crippen molar-refractivity contribution in [2.24, 2.45) is 0 Å². The number of cyclic esters (lactones) is 1. The van der Waals surface area contributed by atoms with Crippen molar-refractivity contribution in [1.29, 1.82) is 0 Å². The average molecular weight is 439 g/mol. The average Bonchev–Trinajstić information content (AvgIpc) is 2.89. The van der Waals surface area contributed by atoms with Gasteiger partial charge in [0.05, 0.1) is 12.7 Å². The first-order valence-electron chi connectivity index (χ1n) is 7.47. The Morgan fingerprint density at radius 1 is 1.23 bits per heavy atom. The summed E-state index contributed by atoms with van der Waals surface area (Å²) in [6, 6.07) is 13.7. The summed E-state index contributed by atoms with van der Waals surface area (Å²) in [7, 11) is 1.54. The Kier molecular flexibility index (Phi) is 5.49. The lowest BCUT2D eigenvalue weighted by Crippen LogP contribution is -2.24. The highest BCUT2D eigenvalue weighted by molar-refractivity contribution is 9.10. The first-order chi connectivity index (χ1) is 12.5. The van der Waals surface area contributed by atoms with E-state index >= 15 is 0 Å². The summed E-state index contributed by atoms with van der Waals surface area (Å²) in [5, 5.41) is 2.77. The van der Waals surface area contributed by atoms with Crippen LogP contribution >= 0.6 is 27.5 Å². The van der Waals surface area contributed by atoms with Crippen molar-refractivity contribution in [2.45, 2.75) is 6.29 Å². The molecule has 0 aliphatic carbocycles. The zero-order valence-electron chi connectivity index (χ0n) is 13.5. The van der Waals surface area contributed by atoms with E-state index in [1.165, 1.54) is 7.11 Å². The number of halogens is 2. The van der Waals surface area contributed by atoms with E-state index < -0.39 is 18.2 Å². The molecule has 1 unspecified atom stereocenters. The number of ether oxygens (including phenoxy) is 3. The van der Waals surface area contributed by atoms with Gasteiger partial charge in [-0.15, -0.1) is 0 Å². The molecule has 0 radical (unpaired) electrons. The van der Waals surface area contributed by atoms with E-state index in [4.69, 9.17) is 25.8 Å². The van der Waals surface area contributed by atoms with E-state index in [1.807, 2.05) is 0 Å². The molecule has 26 heavy (non-hydrogen) atoms. The number of carbonyl (C=O) groups excluding carboxylic acids is 2. The van der Waals surface area contributed by atoms with Crippen molar-refractivity contribution in [3.05, 3.63) is 69.3 Å². The van der Waals surface area contributed by atoms with Gasteiger partial charge >= 0.3 is 11.9 Å². The second-order valence-electron chi connectivity index (χ2n) is 5.21. The molecular weight excluding hydrogens is 426 g/mol. The molecule has 0 amide bonds. The van der Waals surface area contributed by atoms with Gasteiger partial charge in [0.15, 0.2) is 5.03 Å². The minimum atomic E-state index is -1.28. The van der Waals surface area contributed by atoms with Crippen LogP contribution in [0.5, 0.6) is 5.75 Å². The van der Waals surface area contributed by atoms with Gasteiger partial charge in [-0.25, -0.2) is 9.59 Å². The van der Waals surface area contributed by atoms with Crippen LogP contribution in [-0.2, 0) is 14.3 Å². The highest BCUT2D eigenvalue weighted by atomic mass is 79.9. The predicted molar refractivity (Wildman–Crippen MR) is 98.9 cm³/mol. The Morgan fingerprint density at radius 2 is 2.00 bits per heavy atom. The maximum atomic E-state index is 12.4. The zero-order chi connectivity index (χ0) is 18.7. The molecule has 0 saturated heterocycles. The summed E-state index contributed by atoms with van der Waals surface area (Å²) in [6.45, 7) is 0. The molecule has 1 aliphatic heterocycles. The largest absolute Gasteiger partial charge is 0.497 e. The van der Waals surface area contributed by atoms with Crippen molar-refractivity contribution in [3.63, 3.8) is 0 Å². The molecule has 1 heterocycles. The number of hydrogen-bond donors (Lipinski definition) is 1. The second kappa shape index (κ2) is 7.80. The van der Waals surface area contributed by atoms with Crippen molar-refractivity contribution in [3.8, 4) is 5.75 Å². The fraction of sp³-hybridized carbons (Fsp3) is 0.111. The van der Waals surface area contributed by atoms with Crippen molar-refractivity contribution < 1.29 is 23.8 Å². The predicted octanol–water partition coefficient (Wildman–Crippen LogP) is 4.06. The van der Waals surface area contributed by atoms with Gasteiger partial charge in [0.1, 0.15) is 11.4 Å². The number of esters is 2. The Balaban J connectivity index is 1.82. The van der Waals surface area contributed by atoms with Crippen LogP contribution < -0.4 is 10.1 Å². The standard InChI is InChI=1S/C18H13BrClNO5/c1-24-11-6-4-5-10(9-11)21-15-14(20)17(23)26-18(15)25-16(22)12-7-2-3-8-13(12)19/h2-9,18,21H,1H3. The van der Waals surface area contributed by atoms with Gasteiger partial charge < -0.3 is 19.5 Å². The number of hydrogen-bond acceptors (Lipinski definition) is 6. The lowest BCUT2D eigenvalue weighted by atomic mass is 10.2. The molecule has 0 aromatic heterocycles. The fourth-order valence-electron chi connectivity index (χ4n) is 2.26. The highest BCUT2D eigenvalue weighted by Gasteiger charge is 2.37. The molecule has 0 saturated carbocycles. The summed E-state index contributed by atoms with van der Waals surface area (Å²) >= 11 is 9.30. The first-order valence-corrected chi connectivity index (χ1v) is 8.64. The first kappa shape index (κ1) is 18.3. The summed E-state index contributed by atoms with van der Waals surface area (Å²) in [5.74, 6) is -0.827. The fourth-order valence-corrected chi connectivity index (χ4v) is 2.89. The highest BCUT2D eigenvalue weighted by Crippen LogP contribution is 2.30. The smallest absolute Gasteiger partial charge is 0.355 e. The van der Waals surface area contributed by atoms with E-state index in [9.17, 15) is 9.59 Å². The van der Waals surface area contributed by atoms with Gasteiger partial charge in [0.2, 0.25) is 0 Å². The van der Waals surface area contributed by atoms with Crippen molar-refractivity contribution in [1.82, 2.24) is 0 Å². The number of nitrogens with one attached hydrogen (secondary N) is 1. The SMILES string of the molecule is COc1cccc(NC2=C(Cl)C(=O)OC2OC(=O)c2ccccc2Br)c1. The Labute approximate surface area is 162 Å². The van der Waals surface area contributed by atoms with E-state index in [-0.39, 0.29) is 10.7 Å². The zero-order valence-corrected chi connectivity index (χ0v) is 15.8. The second-order valence-corrected chi connectivity index (χ2v) is 6.44. The van der Waals surface area contributed by atoms with E-state index in [0.29, 0.717) is 21.5 Å². The molecule has 2 aromatic carbocycles. The molecule has 0 bridgehead atoms. The molecule has 134 valence electrons. The van der Waals surface area contributed by atoms with Crippen LogP contribution in [0, 0.1) is 0 Å². The maximum absolute atomic E-state index is 12.4. The third-order valence-electron chi connectivity index (χ3n) is 3.52. The molecule has 0 fully saturated rings. The maximum Gasteiger partial charge on any atom is 0.355 e. The summed E-state index contributed by atoms with van der Waals surface area (Å²) in [6.07, 6.45) is -1.28. The van der Waals surface area contributed by atoms with Crippen LogP contribution in [0.15, 0.2) is 63.7 Å². The molecule has 1 atom stereocenters. The van der Waals surface area contributed by atoms with Crippen LogP contribution in [0.25, 0.3) is 0 Å². The van der Waals surface area contributed by atoms with Crippen molar-refractivity contribution in [2.75, 3.05) is 12.4 Å². The van der Waals surface area contributed by atoms with Crippen LogP contribution in [0.1, 0.15) is 10.4 Å². The van der Waals surface area contributed by atoms with Gasteiger partial charge in [-0.2, -0.15) is 0 Å². The van der Waals surface area contributed by atoms with Gasteiger partial charge in [-0.1, -0.05) is 29.8 Å². The number of rotatable bonds is 5. The molecule has 2 aromatic rings. The molecule has 1 aliphatic rings. The van der Waals surface area contributed by atoms with Gasteiger partial charge in [0, 0.05) is 16.2 Å². The molecule has 8 heteroatoms.